The van der Waals surface area contributed by atoms with Crippen LogP contribution in [-0.2, 0) is 6.42 Å². The van der Waals surface area contributed by atoms with Crippen molar-refractivity contribution in [1.82, 2.24) is 0 Å². The van der Waals surface area contributed by atoms with Crippen LogP contribution < -0.4 is 14.2 Å². The van der Waals surface area contributed by atoms with Crippen LogP contribution in [0.5, 0.6) is 17.2 Å². The highest BCUT2D eigenvalue weighted by molar-refractivity contribution is 6.07. The van der Waals surface area contributed by atoms with Gasteiger partial charge in [0.05, 0.1) is 19.6 Å². The second kappa shape index (κ2) is 11.3. The highest BCUT2D eigenvalue weighted by Gasteiger charge is 2.10. The topological polar surface area (TPSA) is 44.8 Å². The third-order valence-electron chi connectivity index (χ3n) is 4.00. The molecule has 0 atom stereocenters. The summed E-state index contributed by atoms with van der Waals surface area (Å²) in [7, 11) is 1.59. The molecule has 150 valence electrons. The lowest BCUT2D eigenvalue weighted by molar-refractivity contribution is 0.104. The monoisotopic (exact) mass is 390 g/mol. The van der Waals surface area contributed by atoms with Gasteiger partial charge in [-0.25, -0.2) is 0 Å². The van der Waals surface area contributed by atoms with Gasteiger partial charge in [0.15, 0.2) is 5.78 Å². The standard InChI is InChI=1S/C25H26O4/c1-5-8-20-17-21(24(27-4)18-25(20)29-16-7-3)11-14-23(26)19-9-12-22(13-10-19)28-15-6-2/h5-7,9-18H,1,8H2,2-4H3/b14-11+,15-6+,16-7+. The number of methoxy groups -OCH3 is 1. The maximum Gasteiger partial charge on any atom is 0.185 e. The van der Waals surface area contributed by atoms with Crippen molar-refractivity contribution in [3.05, 3.63) is 96.5 Å². The van der Waals surface area contributed by atoms with Crippen LogP contribution in [0.2, 0.25) is 0 Å². The van der Waals surface area contributed by atoms with E-state index in [0.717, 1.165) is 11.1 Å². The van der Waals surface area contributed by atoms with E-state index in [1.54, 1.807) is 62.1 Å². The summed E-state index contributed by atoms with van der Waals surface area (Å²) in [5.74, 6) is 1.89. The molecule has 0 fully saturated rings. The zero-order valence-corrected chi connectivity index (χ0v) is 17.1. The number of benzene rings is 2. The summed E-state index contributed by atoms with van der Waals surface area (Å²) in [5, 5.41) is 0. The number of hydrogen-bond donors (Lipinski definition) is 0. The van der Waals surface area contributed by atoms with E-state index in [0.29, 0.717) is 29.2 Å². The van der Waals surface area contributed by atoms with Crippen LogP contribution >= 0.6 is 0 Å². The number of carbonyl (C=O) groups is 1. The first kappa shape index (κ1) is 21.8. The maximum atomic E-state index is 12.5. The quantitative estimate of drug-likeness (QED) is 0.211. The molecule has 0 bridgehead atoms. The molecular formula is C25H26O4. The molecule has 2 aromatic rings. The van der Waals surface area contributed by atoms with Gasteiger partial charge >= 0.3 is 0 Å². The number of hydrogen-bond acceptors (Lipinski definition) is 4. The Labute approximate surface area is 172 Å². The third-order valence-corrected chi connectivity index (χ3v) is 4.00. The fourth-order valence-electron chi connectivity index (χ4n) is 2.60. The van der Waals surface area contributed by atoms with Crippen LogP contribution in [0.15, 0.2) is 79.8 Å². The van der Waals surface area contributed by atoms with Crippen LogP contribution in [-0.4, -0.2) is 12.9 Å². The van der Waals surface area contributed by atoms with E-state index < -0.39 is 0 Å². The Morgan fingerprint density at radius 1 is 1.00 bits per heavy atom. The molecule has 0 aliphatic carbocycles. The van der Waals surface area contributed by atoms with Crippen molar-refractivity contribution in [2.45, 2.75) is 20.3 Å². The van der Waals surface area contributed by atoms with Gasteiger partial charge in [-0.15, -0.1) is 6.58 Å². The van der Waals surface area contributed by atoms with Gasteiger partial charge in [0.2, 0.25) is 0 Å². The van der Waals surface area contributed by atoms with Gasteiger partial charge in [0.25, 0.3) is 0 Å². The molecule has 0 heterocycles. The molecule has 0 aromatic heterocycles. The molecule has 0 saturated carbocycles. The molecule has 2 aromatic carbocycles. The lowest BCUT2D eigenvalue weighted by atomic mass is 10.0. The first-order chi connectivity index (χ1) is 14.1. The van der Waals surface area contributed by atoms with Crippen LogP contribution in [0.25, 0.3) is 6.08 Å². The van der Waals surface area contributed by atoms with Crippen molar-refractivity contribution in [2.24, 2.45) is 0 Å². The fraction of sp³-hybridized carbons (Fsp3) is 0.160. The average Bonchev–Trinajstić information content (AvgIpc) is 2.75. The number of rotatable bonds is 10. The number of ketones is 1. The first-order valence-corrected chi connectivity index (χ1v) is 9.32. The van der Waals surface area contributed by atoms with Gasteiger partial charge in [-0.1, -0.05) is 18.2 Å². The first-order valence-electron chi connectivity index (χ1n) is 9.32. The van der Waals surface area contributed by atoms with Gasteiger partial charge in [0.1, 0.15) is 17.2 Å². The van der Waals surface area contributed by atoms with Gasteiger partial charge < -0.3 is 14.2 Å². The molecule has 4 nitrogen and oxygen atoms in total. The minimum Gasteiger partial charge on any atom is -0.496 e. The Hall–Kier alpha value is -3.53. The SMILES string of the molecule is C=CCc1cc(/C=C/C(=O)c2ccc(O/C=C/C)cc2)c(OC)cc1O/C=C/C. The average molecular weight is 390 g/mol. The molecule has 0 amide bonds. The molecule has 4 heteroatoms. The second-order valence-corrected chi connectivity index (χ2v) is 6.09. The lowest BCUT2D eigenvalue weighted by Gasteiger charge is -2.12. The van der Waals surface area contributed by atoms with Gasteiger partial charge in [-0.2, -0.15) is 0 Å². The summed E-state index contributed by atoms with van der Waals surface area (Å²) in [5.41, 5.74) is 2.32. The lowest BCUT2D eigenvalue weighted by Crippen LogP contribution is -1.97. The van der Waals surface area contributed by atoms with Crippen molar-refractivity contribution < 1.29 is 19.0 Å². The Bertz CT molecular complexity index is 919. The van der Waals surface area contributed by atoms with Crippen LogP contribution in [0.3, 0.4) is 0 Å². The smallest absolute Gasteiger partial charge is 0.185 e. The van der Waals surface area contributed by atoms with Gasteiger partial charge in [-0.3, -0.25) is 4.79 Å². The highest BCUT2D eigenvalue weighted by Crippen LogP contribution is 2.31. The van der Waals surface area contributed by atoms with Crippen LogP contribution in [0, 0.1) is 0 Å². The highest BCUT2D eigenvalue weighted by atomic mass is 16.5. The number of carbonyl (C=O) groups excluding carboxylic acids is 1. The van der Waals surface area contributed by atoms with E-state index >= 15 is 0 Å². The molecular weight excluding hydrogens is 364 g/mol. The zero-order chi connectivity index (χ0) is 21.1. The van der Waals surface area contributed by atoms with Crippen molar-refractivity contribution in [3.63, 3.8) is 0 Å². The molecule has 0 spiro atoms. The Balaban J connectivity index is 2.26. The fourth-order valence-corrected chi connectivity index (χ4v) is 2.60. The van der Waals surface area contributed by atoms with E-state index in [2.05, 4.69) is 6.58 Å². The van der Waals surface area contributed by atoms with Gasteiger partial charge in [-0.05, 0) is 68.3 Å². The van der Waals surface area contributed by atoms with E-state index in [4.69, 9.17) is 14.2 Å². The van der Waals surface area contributed by atoms with Crippen molar-refractivity contribution in [1.29, 1.82) is 0 Å². The number of allylic oxidation sites excluding steroid dienone is 4. The molecule has 0 unspecified atom stereocenters. The summed E-state index contributed by atoms with van der Waals surface area (Å²) in [6.45, 7) is 7.55. The summed E-state index contributed by atoms with van der Waals surface area (Å²) in [4.78, 5) is 12.5. The van der Waals surface area contributed by atoms with Crippen molar-refractivity contribution >= 4 is 11.9 Å². The molecule has 0 radical (unpaired) electrons. The van der Waals surface area contributed by atoms with E-state index in [9.17, 15) is 4.79 Å². The second-order valence-electron chi connectivity index (χ2n) is 6.09. The largest absolute Gasteiger partial charge is 0.496 e. The minimum atomic E-state index is -0.107. The Kier molecular flexibility index (Phi) is 8.51. The molecule has 29 heavy (non-hydrogen) atoms. The third kappa shape index (κ3) is 6.25. The molecule has 0 aliphatic rings. The number of ether oxygens (including phenoxy) is 3. The predicted octanol–water partition coefficient (Wildman–Crippen LogP) is 6.14. The molecule has 2 rings (SSSR count). The predicted molar refractivity (Wildman–Crippen MR) is 118 cm³/mol. The summed E-state index contributed by atoms with van der Waals surface area (Å²) in [6.07, 6.45) is 12.5. The van der Waals surface area contributed by atoms with Crippen molar-refractivity contribution in [2.75, 3.05) is 7.11 Å². The van der Waals surface area contributed by atoms with Crippen LogP contribution in [0.1, 0.15) is 35.3 Å². The maximum absolute atomic E-state index is 12.5. The molecule has 0 saturated heterocycles. The minimum absolute atomic E-state index is 0.107. The summed E-state index contributed by atoms with van der Waals surface area (Å²) in [6, 6.07) is 10.8. The van der Waals surface area contributed by atoms with E-state index in [-0.39, 0.29) is 5.78 Å². The summed E-state index contributed by atoms with van der Waals surface area (Å²) >= 11 is 0. The van der Waals surface area contributed by atoms with E-state index in [1.807, 2.05) is 32.1 Å². The summed E-state index contributed by atoms with van der Waals surface area (Å²) < 4.78 is 16.5. The van der Waals surface area contributed by atoms with E-state index in [1.165, 1.54) is 6.08 Å². The zero-order valence-electron chi connectivity index (χ0n) is 17.1. The Morgan fingerprint density at radius 2 is 1.69 bits per heavy atom. The van der Waals surface area contributed by atoms with Crippen LogP contribution in [0.4, 0.5) is 0 Å². The molecule has 0 N–H and O–H groups in total. The normalized spacial score (nSPS) is 11.3. The van der Waals surface area contributed by atoms with Crippen molar-refractivity contribution in [3.8, 4) is 17.2 Å². The van der Waals surface area contributed by atoms with Gasteiger partial charge in [0, 0.05) is 17.2 Å². The molecule has 0 aliphatic heterocycles. The Morgan fingerprint density at radius 3 is 2.31 bits per heavy atom.